The molecule has 0 amide bonds. The van der Waals surface area contributed by atoms with E-state index in [1.165, 1.54) is 5.56 Å². The molecule has 0 fully saturated rings. The summed E-state index contributed by atoms with van der Waals surface area (Å²) >= 11 is 0. The maximum Gasteiger partial charge on any atom is 0.164 e. The van der Waals surface area contributed by atoms with Gasteiger partial charge in [0.1, 0.15) is 5.69 Å². The van der Waals surface area contributed by atoms with Gasteiger partial charge < -0.3 is 5.32 Å². The Labute approximate surface area is 195 Å². The van der Waals surface area contributed by atoms with E-state index < -0.39 is 0 Å². The first kappa shape index (κ1) is 22.3. The van der Waals surface area contributed by atoms with Gasteiger partial charge in [-0.3, -0.25) is 4.68 Å². The fourth-order valence-corrected chi connectivity index (χ4v) is 3.82. The van der Waals surface area contributed by atoms with Crippen LogP contribution in [0.5, 0.6) is 0 Å². The molecular weight excluding hydrogens is 408 g/mol. The normalized spacial score (nSPS) is 10.9. The van der Waals surface area contributed by atoms with Crippen molar-refractivity contribution in [1.82, 2.24) is 24.4 Å². The van der Waals surface area contributed by atoms with E-state index in [1.54, 1.807) is 16.9 Å². The lowest BCUT2D eigenvalue weighted by molar-refractivity contribution is 0.484. The predicted octanol–water partition coefficient (Wildman–Crippen LogP) is 5.66. The first-order valence-corrected chi connectivity index (χ1v) is 11.4. The van der Waals surface area contributed by atoms with Crippen LogP contribution in [-0.4, -0.2) is 24.4 Å². The minimum Gasteiger partial charge on any atom is -0.352 e. The summed E-state index contributed by atoms with van der Waals surface area (Å²) in [5.74, 6) is 6.91. The maximum atomic E-state index is 4.98. The summed E-state index contributed by atoms with van der Waals surface area (Å²) in [5.41, 5.74) is 7.49. The molecule has 1 N–H and O–H groups in total. The van der Waals surface area contributed by atoms with Crippen molar-refractivity contribution in [2.45, 2.75) is 47.1 Å². The molecule has 1 aromatic carbocycles. The van der Waals surface area contributed by atoms with Crippen molar-refractivity contribution in [3.63, 3.8) is 0 Å². The molecule has 3 aromatic heterocycles. The molecule has 0 saturated carbocycles. The van der Waals surface area contributed by atoms with Crippen molar-refractivity contribution in [3.8, 4) is 23.1 Å². The third-order valence-corrected chi connectivity index (χ3v) is 5.36. The molecule has 0 bridgehead atoms. The van der Waals surface area contributed by atoms with E-state index in [0.717, 1.165) is 58.8 Å². The molecule has 6 nitrogen and oxygen atoms in total. The fourth-order valence-electron chi connectivity index (χ4n) is 3.82. The number of aryl methyl sites for hydroxylation is 1. The molecule has 0 aliphatic carbocycles. The van der Waals surface area contributed by atoms with Crippen LogP contribution in [0.3, 0.4) is 0 Å². The molecule has 0 aliphatic rings. The Hall–Kier alpha value is -3.85. The van der Waals surface area contributed by atoms with E-state index >= 15 is 0 Å². The van der Waals surface area contributed by atoms with Gasteiger partial charge in [0, 0.05) is 48.4 Å². The fraction of sp³-hybridized carbons (Fsp3) is 0.296. The van der Waals surface area contributed by atoms with Crippen LogP contribution in [0.2, 0.25) is 0 Å². The Morgan fingerprint density at radius 3 is 2.85 bits per heavy atom. The lowest BCUT2D eigenvalue weighted by Crippen LogP contribution is -2.04. The van der Waals surface area contributed by atoms with Gasteiger partial charge in [-0.05, 0) is 36.1 Å². The number of aromatic nitrogens is 5. The number of rotatable bonds is 7. The van der Waals surface area contributed by atoms with E-state index in [-0.39, 0.29) is 0 Å². The maximum absolute atomic E-state index is 4.98. The standard InChI is InChI=1S/C27H30N6/c1-6-8-10-21-11-12-22(7-2)23(15-21)26-25(18-32(31-26)17-19(3)4)30-20(5)24-16-29-33-14-9-13-28-27(24)33/h9,11-16,18-19,30H,5-7,17H2,1-4H3. The Kier molecular flexibility index (Phi) is 6.60. The largest absolute Gasteiger partial charge is 0.352 e. The van der Waals surface area contributed by atoms with Gasteiger partial charge in [0.05, 0.1) is 17.4 Å². The average Bonchev–Trinajstić information content (AvgIpc) is 3.41. The highest BCUT2D eigenvalue weighted by atomic mass is 15.3. The Morgan fingerprint density at radius 1 is 1.24 bits per heavy atom. The number of benzene rings is 1. The van der Waals surface area contributed by atoms with Crippen LogP contribution in [0.25, 0.3) is 22.6 Å². The second-order valence-electron chi connectivity index (χ2n) is 8.44. The lowest BCUT2D eigenvalue weighted by atomic mass is 9.98. The summed E-state index contributed by atoms with van der Waals surface area (Å²) in [5, 5.41) is 12.9. The van der Waals surface area contributed by atoms with Crippen molar-refractivity contribution >= 4 is 17.0 Å². The molecule has 0 aliphatic heterocycles. The summed E-state index contributed by atoms with van der Waals surface area (Å²) in [6.45, 7) is 13.7. The second-order valence-corrected chi connectivity index (χ2v) is 8.44. The van der Waals surface area contributed by atoms with Crippen LogP contribution in [-0.2, 0) is 13.0 Å². The molecule has 3 heterocycles. The number of fused-ring (bicyclic) bond motifs is 1. The summed E-state index contributed by atoms with van der Waals surface area (Å²) in [7, 11) is 0. The van der Waals surface area contributed by atoms with Crippen LogP contribution in [0.15, 0.2) is 55.6 Å². The Morgan fingerprint density at radius 2 is 2.09 bits per heavy atom. The highest BCUT2D eigenvalue weighted by molar-refractivity contribution is 5.87. The summed E-state index contributed by atoms with van der Waals surface area (Å²) in [4.78, 5) is 4.46. The Balaban J connectivity index is 1.78. The zero-order valence-corrected chi connectivity index (χ0v) is 19.8. The van der Waals surface area contributed by atoms with Gasteiger partial charge >= 0.3 is 0 Å². The molecule has 0 radical (unpaired) electrons. The van der Waals surface area contributed by atoms with E-state index in [4.69, 9.17) is 5.10 Å². The quantitative estimate of drug-likeness (QED) is 0.379. The molecule has 0 unspecified atom stereocenters. The monoisotopic (exact) mass is 438 g/mol. The molecule has 6 heteroatoms. The third-order valence-electron chi connectivity index (χ3n) is 5.36. The highest BCUT2D eigenvalue weighted by Crippen LogP contribution is 2.33. The molecule has 33 heavy (non-hydrogen) atoms. The van der Waals surface area contributed by atoms with Gasteiger partial charge in [-0.25, -0.2) is 9.50 Å². The van der Waals surface area contributed by atoms with Crippen LogP contribution < -0.4 is 5.32 Å². The number of anilines is 1. The van der Waals surface area contributed by atoms with Gasteiger partial charge in [0.2, 0.25) is 0 Å². The Bertz CT molecular complexity index is 1350. The number of hydrogen-bond donors (Lipinski definition) is 1. The molecule has 0 saturated heterocycles. The predicted molar refractivity (Wildman–Crippen MR) is 135 cm³/mol. The minimum absolute atomic E-state index is 0.477. The summed E-state index contributed by atoms with van der Waals surface area (Å²) in [6.07, 6.45) is 9.22. The first-order valence-electron chi connectivity index (χ1n) is 11.4. The van der Waals surface area contributed by atoms with E-state index in [0.29, 0.717) is 5.92 Å². The van der Waals surface area contributed by atoms with Gasteiger partial charge in [0.15, 0.2) is 5.65 Å². The first-order chi connectivity index (χ1) is 16.0. The van der Waals surface area contributed by atoms with Crippen molar-refractivity contribution < 1.29 is 0 Å². The number of nitrogens with one attached hydrogen (secondary N) is 1. The molecule has 0 spiro atoms. The average molecular weight is 439 g/mol. The summed E-state index contributed by atoms with van der Waals surface area (Å²) < 4.78 is 3.75. The smallest absolute Gasteiger partial charge is 0.164 e. The summed E-state index contributed by atoms with van der Waals surface area (Å²) in [6, 6.07) is 8.25. The zero-order valence-electron chi connectivity index (χ0n) is 19.8. The van der Waals surface area contributed by atoms with Gasteiger partial charge in [0.25, 0.3) is 0 Å². The lowest BCUT2D eigenvalue weighted by Gasteiger charge is -2.11. The zero-order chi connectivity index (χ0) is 23.4. The topological polar surface area (TPSA) is 60.0 Å². The van der Waals surface area contributed by atoms with Crippen molar-refractivity contribution in [3.05, 3.63) is 72.3 Å². The van der Waals surface area contributed by atoms with Crippen molar-refractivity contribution in [2.24, 2.45) is 5.92 Å². The van der Waals surface area contributed by atoms with Crippen LogP contribution in [0, 0.1) is 17.8 Å². The van der Waals surface area contributed by atoms with Crippen molar-refractivity contribution in [2.75, 3.05) is 5.32 Å². The highest BCUT2D eigenvalue weighted by Gasteiger charge is 2.18. The van der Waals surface area contributed by atoms with E-state index in [9.17, 15) is 0 Å². The molecular formula is C27H30N6. The minimum atomic E-state index is 0.477. The number of nitrogens with zero attached hydrogens (tertiary/aromatic N) is 5. The molecule has 4 rings (SSSR count). The van der Waals surface area contributed by atoms with Crippen LogP contribution in [0.4, 0.5) is 5.69 Å². The van der Waals surface area contributed by atoms with Gasteiger partial charge in [-0.15, -0.1) is 0 Å². The van der Waals surface area contributed by atoms with Crippen LogP contribution in [0.1, 0.15) is 50.8 Å². The molecule has 4 aromatic rings. The SMILES string of the molecule is C=C(Nc1cn(CC(C)C)nc1-c1cc(C#CCC)ccc1CC)c1cnn2cccnc12. The van der Waals surface area contributed by atoms with Gasteiger partial charge in [-0.1, -0.05) is 52.2 Å². The van der Waals surface area contributed by atoms with Crippen LogP contribution >= 0.6 is 0 Å². The van der Waals surface area contributed by atoms with E-state index in [2.05, 4.69) is 85.9 Å². The molecule has 0 atom stereocenters. The second kappa shape index (κ2) is 9.74. The van der Waals surface area contributed by atoms with Gasteiger partial charge in [-0.2, -0.15) is 10.2 Å². The number of hydrogen-bond acceptors (Lipinski definition) is 4. The van der Waals surface area contributed by atoms with Crippen molar-refractivity contribution in [1.29, 1.82) is 0 Å². The third kappa shape index (κ3) is 4.83. The van der Waals surface area contributed by atoms with E-state index in [1.807, 2.05) is 16.9 Å². The molecule has 168 valence electrons.